The largest absolute Gasteiger partial charge is 0.389 e. The smallest absolute Gasteiger partial charge is 0.184 e. The molecule has 1 fully saturated rings. The Hall–Kier alpha value is -2.96. The number of hydrogen-bond acceptors (Lipinski definition) is 9. The molecule has 2 N–H and O–H groups in total. The first-order chi connectivity index (χ1) is 17.0. The zero-order chi connectivity index (χ0) is 24.5. The second-order valence-corrected chi connectivity index (χ2v) is 10.9. The highest BCUT2D eigenvalue weighted by Crippen LogP contribution is 2.46. The number of thiophene rings is 1. The number of fused-ring (bicyclic) bond motifs is 1. The Balaban J connectivity index is 1.54. The number of nitrogens with zero attached hydrogens (tertiary/aromatic N) is 6. The molecule has 0 spiro atoms. The van der Waals surface area contributed by atoms with Gasteiger partial charge in [0.25, 0.3) is 0 Å². The zero-order valence-corrected chi connectivity index (χ0v) is 21.6. The van der Waals surface area contributed by atoms with E-state index in [4.69, 9.17) is 15.2 Å². The second kappa shape index (κ2) is 9.96. The number of nitrogen functional groups attached to an aromatic ring is 1. The van der Waals surface area contributed by atoms with Crippen LogP contribution in [0.5, 0.6) is 0 Å². The Morgan fingerprint density at radius 2 is 2.17 bits per heavy atom. The number of hydrogen-bond donors (Lipinski definition) is 1. The molecule has 0 saturated carbocycles. The lowest BCUT2D eigenvalue weighted by Crippen LogP contribution is -2.38. The topological polar surface area (TPSA) is 108 Å². The van der Waals surface area contributed by atoms with Crippen LogP contribution >= 0.6 is 11.3 Å². The van der Waals surface area contributed by atoms with Crippen molar-refractivity contribution < 1.29 is 4.52 Å². The average Bonchev–Trinajstić information content (AvgIpc) is 3.36. The molecule has 0 aromatic carbocycles. The van der Waals surface area contributed by atoms with Crippen LogP contribution in [0.2, 0.25) is 0 Å². The maximum absolute atomic E-state index is 9.80. The molecule has 0 radical (unpaired) electrons. The predicted octanol–water partition coefficient (Wildman–Crippen LogP) is 4.60. The fourth-order valence-electron chi connectivity index (χ4n) is 5.65. The molecular weight excluding hydrogens is 458 g/mol. The van der Waals surface area contributed by atoms with E-state index in [9.17, 15) is 5.26 Å². The van der Waals surface area contributed by atoms with Crippen LogP contribution in [0.3, 0.4) is 0 Å². The van der Waals surface area contributed by atoms with Gasteiger partial charge in [-0.1, -0.05) is 18.5 Å². The lowest BCUT2D eigenvalue weighted by atomic mass is 9.81. The molecule has 1 aliphatic carbocycles. The number of nitrogens with two attached hydrogens (primary N) is 1. The number of likely N-dealkylation sites (N-methyl/N-ethyl adjacent to an activating group) is 1. The van der Waals surface area contributed by atoms with Gasteiger partial charge in [-0.2, -0.15) is 5.26 Å². The summed E-state index contributed by atoms with van der Waals surface area (Å²) in [7, 11) is 2.18. The standard InChI is InChI=1S/C26H33N7OS/c1-4-7-18-23(26-29-11-10-21(30-26)33-13-6-12-32(3)15-16(33)2)31-34-24(18)17-8-5-9-20-22(17)19(14-27)25(28)35-20/h10-11,16-17H,4-9,12-13,15,28H2,1-3H3. The number of rotatable bonds is 5. The van der Waals surface area contributed by atoms with Gasteiger partial charge in [0.05, 0.1) is 5.56 Å². The first-order valence-corrected chi connectivity index (χ1v) is 13.4. The maximum atomic E-state index is 9.80. The van der Waals surface area contributed by atoms with E-state index >= 15 is 0 Å². The van der Waals surface area contributed by atoms with Crippen molar-refractivity contribution in [2.24, 2.45) is 0 Å². The SMILES string of the molecule is CCCc1c(-c2nccc(N3CCCN(C)CC3C)n2)noc1C1CCCc2sc(N)c(C#N)c21. The van der Waals surface area contributed by atoms with Crippen LogP contribution in [0, 0.1) is 11.3 Å². The molecule has 9 heteroatoms. The van der Waals surface area contributed by atoms with Crippen molar-refractivity contribution in [3.8, 4) is 17.6 Å². The molecule has 2 atom stereocenters. The molecule has 35 heavy (non-hydrogen) atoms. The molecule has 0 amide bonds. The third-order valence-electron chi connectivity index (χ3n) is 7.24. The molecule has 8 nitrogen and oxygen atoms in total. The molecule has 1 saturated heterocycles. The number of nitriles is 1. The lowest BCUT2D eigenvalue weighted by molar-refractivity contribution is 0.337. The van der Waals surface area contributed by atoms with Crippen LogP contribution < -0.4 is 10.6 Å². The van der Waals surface area contributed by atoms with E-state index in [1.165, 1.54) is 4.88 Å². The van der Waals surface area contributed by atoms with Gasteiger partial charge >= 0.3 is 0 Å². The van der Waals surface area contributed by atoms with Gasteiger partial charge in [-0.15, -0.1) is 11.3 Å². The molecule has 4 heterocycles. The summed E-state index contributed by atoms with van der Waals surface area (Å²) < 4.78 is 6.05. The quantitative estimate of drug-likeness (QED) is 0.552. The van der Waals surface area contributed by atoms with Gasteiger partial charge < -0.3 is 20.1 Å². The molecule has 184 valence electrons. The molecular formula is C26H33N7OS. The Morgan fingerprint density at radius 3 is 2.97 bits per heavy atom. The normalized spacial score (nSPS) is 20.9. The first-order valence-electron chi connectivity index (χ1n) is 12.6. The van der Waals surface area contributed by atoms with Crippen molar-refractivity contribution in [2.45, 2.75) is 64.3 Å². The van der Waals surface area contributed by atoms with Crippen molar-refractivity contribution >= 4 is 22.2 Å². The molecule has 2 unspecified atom stereocenters. The van der Waals surface area contributed by atoms with Gasteiger partial charge in [-0.05, 0) is 64.3 Å². The highest BCUT2D eigenvalue weighted by atomic mass is 32.1. The summed E-state index contributed by atoms with van der Waals surface area (Å²) in [4.78, 5) is 15.5. The van der Waals surface area contributed by atoms with E-state index in [1.54, 1.807) is 11.3 Å². The Kier molecular flexibility index (Phi) is 6.76. The number of aromatic nitrogens is 3. The van der Waals surface area contributed by atoms with Gasteiger partial charge in [0.15, 0.2) is 11.5 Å². The van der Waals surface area contributed by atoms with Gasteiger partial charge in [-0.3, -0.25) is 0 Å². The van der Waals surface area contributed by atoms with Crippen LogP contribution in [0.15, 0.2) is 16.8 Å². The number of aryl methyl sites for hydroxylation is 1. The molecule has 1 aliphatic heterocycles. The van der Waals surface area contributed by atoms with E-state index in [2.05, 4.69) is 46.9 Å². The summed E-state index contributed by atoms with van der Waals surface area (Å²) in [6, 6.07) is 4.69. The summed E-state index contributed by atoms with van der Waals surface area (Å²) in [6.45, 7) is 7.47. The van der Waals surface area contributed by atoms with E-state index in [1.807, 2.05) is 12.3 Å². The third kappa shape index (κ3) is 4.41. The molecule has 2 aliphatic rings. The summed E-state index contributed by atoms with van der Waals surface area (Å²) in [6.07, 6.45) is 7.62. The van der Waals surface area contributed by atoms with Crippen LogP contribution in [0.4, 0.5) is 10.8 Å². The third-order valence-corrected chi connectivity index (χ3v) is 8.33. The second-order valence-electron chi connectivity index (χ2n) is 9.76. The summed E-state index contributed by atoms with van der Waals surface area (Å²) in [5.74, 6) is 2.37. The Labute approximate surface area is 210 Å². The summed E-state index contributed by atoms with van der Waals surface area (Å²) in [5.41, 5.74) is 9.63. The first kappa shape index (κ1) is 23.8. The average molecular weight is 492 g/mol. The van der Waals surface area contributed by atoms with Crippen LogP contribution in [-0.4, -0.2) is 52.7 Å². The van der Waals surface area contributed by atoms with E-state index in [-0.39, 0.29) is 5.92 Å². The van der Waals surface area contributed by atoms with Crippen molar-refractivity contribution in [3.05, 3.63) is 39.6 Å². The van der Waals surface area contributed by atoms with E-state index in [0.717, 1.165) is 86.6 Å². The van der Waals surface area contributed by atoms with Crippen molar-refractivity contribution in [3.63, 3.8) is 0 Å². The number of anilines is 2. The van der Waals surface area contributed by atoms with Crippen molar-refractivity contribution in [2.75, 3.05) is 37.3 Å². The lowest BCUT2D eigenvalue weighted by Gasteiger charge is -2.29. The molecule has 5 rings (SSSR count). The summed E-state index contributed by atoms with van der Waals surface area (Å²) >= 11 is 1.54. The van der Waals surface area contributed by atoms with Gasteiger partial charge in [0.2, 0.25) is 0 Å². The van der Waals surface area contributed by atoms with Crippen molar-refractivity contribution in [1.29, 1.82) is 5.26 Å². The molecule has 3 aromatic heterocycles. The highest BCUT2D eigenvalue weighted by Gasteiger charge is 2.34. The fraction of sp³-hybridized carbons (Fsp3) is 0.538. The van der Waals surface area contributed by atoms with E-state index < -0.39 is 0 Å². The van der Waals surface area contributed by atoms with Gasteiger partial charge in [-0.25, -0.2) is 9.97 Å². The van der Waals surface area contributed by atoms with Crippen LogP contribution in [0.25, 0.3) is 11.5 Å². The Bertz CT molecular complexity index is 1240. The minimum atomic E-state index is -0.00546. The zero-order valence-electron chi connectivity index (χ0n) is 20.8. The monoisotopic (exact) mass is 491 g/mol. The van der Waals surface area contributed by atoms with Gasteiger partial charge in [0.1, 0.15) is 22.6 Å². The minimum absolute atomic E-state index is 0.00546. The Morgan fingerprint density at radius 1 is 1.31 bits per heavy atom. The fourth-order valence-corrected chi connectivity index (χ4v) is 6.78. The highest BCUT2D eigenvalue weighted by molar-refractivity contribution is 7.16. The summed E-state index contributed by atoms with van der Waals surface area (Å²) in [5, 5.41) is 14.9. The minimum Gasteiger partial charge on any atom is -0.389 e. The van der Waals surface area contributed by atoms with Gasteiger partial charge in [0, 0.05) is 41.7 Å². The van der Waals surface area contributed by atoms with Crippen LogP contribution in [-0.2, 0) is 12.8 Å². The van der Waals surface area contributed by atoms with Crippen molar-refractivity contribution in [1.82, 2.24) is 20.0 Å². The van der Waals surface area contributed by atoms with Crippen LogP contribution in [0.1, 0.15) is 72.8 Å². The maximum Gasteiger partial charge on any atom is 0.184 e. The molecule has 3 aromatic rings. The predicted molar refractivity (Wildman–Crippen MR) is 139 cm³/mol. The molecule has 0 bridgehead atoms. The van der Waals surface area contributed by atoms with E-state index in [0.29, 0.717) is 22.4 Å².